The summed E-state index contributed by atoms with van der Waals surface area (Å²) in [6, 6.07) is 15.7. The van der Waals surface area contributed by atoms with Crippen molar-refractivity contribution in [3.05, 3.63) is 70.1 Å². The Bertz CT molecular complexity index is 781. The molecule has 1 heterocycles. The van der Waals surface area contributed by atoms with Crippen LogP contribution in [0.1, 0.15) is 16.7 Å². The summed E-state index contributed by atoms with van der Waals surface area (Å²) in [6.07, 6.45) is 1.91. The molecule has 1 aliphatic rings. The van der Waals surface area contributed by atoms with Crippen molar-refractivity contribution in [3.63, 3.8) is 0 Å². The van der Waals surface area contributed by atoms with Gasteiger partial charge in [-0.3, -0.25) is 9.69 Å². The highest BCUT2D eigenvalue weighted by Gasteiger charge is 2.33. The topological polar surface area (TPSA) is 20.3 Å². The molecule has 0 bridgehead atoms. The molecule has 1 amide bonds. The van der Waals surface area contributed by atoms with Crippen molar-refractivity contribution < 1.29 is 4.79 Å². The number of para-hydroxylation sites is 1. The number of rotatable bonds is 2. The molecule has 0 radical (unpaired) electrons. The van der Waals surface area contributed by atoms with Crippen molar-refractivity contribution in [1.82, 2.24) is 0 Å². The molecule has 0 saturated carbocycles. The first kappa shape index (κ1) is 15.0. The first-order chi connectivity index (χ1) is 10.6. The van der Waals surface area contributed by atoms with Crippen LogP contribution in [0.3, 0.4) is 0 Å². The van der Waals surface area contributed by atoms with Crippen LogP contribution >= 0.6 is 24.0 Å². The normalized spacial score (nSPS) is 16.6. The van der Waals surface area contributed by atoms with Crippen LogP contribution in [0, 0.1) is 13.8 Å². The lowest BCUT2D eigenvalue weighted by atomic mass is 10.1. The van der Waals surface area contributed by atoms with Crippen molar-refractivity contribution in [3.8, 4) is 0 Å². The standard InChI is InChI=1S/C18H15NOS2/c1-12-8-9-14(10-13(12)2)11-16-17(20)19(18(21)22-16)15-6-4-3-5-7-15/h3-11H,1-2H3/b16-11-. The van der Waals surface area contributed by atoms with Crippen molar-refractivity contribution >= 4 is 46.0 Å². The highest BCUT2D eigenvalue weighted by Crippen LogP contribution is 2.35. The number of thiocarbonyl (C=S) groups is 1. The van der Waals surface area contributed by atoms with Crippen LogP contribution in [0.2, 0.25) is 0 Å². The smallest absolute Gasteiger partial charge is 0.268 e. The summed E-state index contributed by atoms with van der Waals surface area (Å²) in [4.78, 5) is 14.9. The number of carbonyl (C=O) groups is 1. The van der Waals surface area contributed by atoms with Gasteiger partial charge in [-0.25, -0.2) is 0 Å². The number of amides is 1. The van der Waals surface area contributed by atoms with E-state index in [9.17, 15) is 4.79 Å². The zero-order chi connectivity index (χ0) is 15.7. The van der Waals surface area contributed by atoms with Crippen molar-refractivity contribution in [2.75, 3.05) is 4.90 Å². The van der Waals surface area contributed by atoms with Gasteiger partial charge < -0.3 is 0 Å². The fourth-order valence-corrected chi connectivity index (χ4v) is 3.57. The summed E-state index contributed by atoms with van der Waals surface area (Å²) in [6.45, 7) is 4.15. The van der Waals surface area contributed by atoms with Crippen molar-refractivity contribution in [2.45, 2.75) is 13.8 Å². The molecule has 1 aliphatic heterocycles. The summed E-state index contributed by atoms with van der Waals surface area (Å²) >= 11 is 6.72. The van der Waals surface area contributed by atoms with Gasteiger partial charge in [-0.15, -0.1) is 0 Å². The molecule has 1 fully saturated rings. The number of hydrogen-bond donors (Lipinski definition) is 0. The average molecular weight is 325 g/mol. The maximum atomic E-state index is 12.6. The van der Waals surface area contributed by atoms with E-state index in [1.54, 1.807) is 4.90 Å². The van der Waals surface area contributed by atoms with Crippen LogP contribution in [0.15, 0.2) is 53.4 Å². The lowest BCUT2D eigenvalue weighted by Crippen LogP contribution is -2.27. The Morgan fingerprint density at radius 2 is 1.77 bits per heavy atom. The molecule has 110 valence electrons. The predicted molar refractivity (Wildman–Crippen MR) is 98.0 cm³/mol. The largest absolute Gasteiger partial charge is 0.270 e. The fraction of sp³-hybridized carbons (Fsp3) is 0.111. The van der Waals surface area contributed by atoms with Gasteiger partial charge in [-0.05, 0) is 48.7 Å². The number of aryl methyl sites for hydroxylation is 2. The monoisotopic (exact) mass is 325 g/mol. The molecule has 3 rings (SSSR count). The maximum absolute atomic E-state index is 12.6. The van der Waals surface area contributed by atoms with Gasteiger partial charge in [0, 0.05) is 0 Å². The Balaban J connectivity index is 1.93. The Labute approximate surface area is 139 Å². The second-order valence-corrected chi connectivity index (χ2v) is 6.87. The van der Waals surface area contributed by atoms with E-state index in [0.29, 0.717) is 9.23 Å². The van der Waals surface area contributed by atoms with Gasteiger partial charge in [0.15, 0.2) is 4.32 Å². The lowest BCUT2D eigenvalue weighted by Gasteiger charge is -2.13. The van der Waals surface area contributed by atoms with Crippen molar-refractivity contribution in [2.24, 2.45) is 0 Å². The van der Waals surface area contributed by atoms with E-state index in [2.05, 4.69) is 26.0 Å². The second kappa shape index (κ2) is 6.07. The van der Waals surface area contributed by atoms with Gasteiger partial charge >= 0.3 is 0 Å². The number of carbonyl (C=O) groups excluding carboxylic acids is 1. The quantitative estimate of drug-likeness (QED) is 0.589. The van der Waals surface area contributed by atoms with E-state index in [1.165, 1.54) is 22.9 Å². The van der Waals surface area contributed by atoms with E-state index in [-0.39, 0.29) is 5.91 Å². The van der Waals surface area contributed by atoms with E-state index in [1.807, 2.05) is 42.5 Å². The van der Waals surface area contributed by atoms with E-state index < -0.39 is 0 Å². The van der Waals surface area contributed by atoms with Crippen LogP contribution in [0.5, 0.6) is 0 Å². The van der Waals surface area contributed by atoms with Gasteiger partial charge in [0.1, 0.15) is 0 Å². The Morgan fingerprint density at radius 3 is 2.45 bits per heavy atom. The molecular formula is C18H15NOS2. The molecule has 0 atom stereocenters. The Morgan fingerprint density at radius 1 is 1.05 bits per heavy atom. The average Bonchev–Trinajstić information content (AvgIpc) is 2.78. The van der Waals surface area contributed by atoms with Gasteiger partial charge in [0.25, 0.3) is 5.91 Å². The third-order valence-electron chi connectivity index (χ3n) is 3.64. The van der Waals surface area contributed by atoms with E-state index in [4.69, 9.17) is 12.2 Å². The fourth-order valence-electron chi connectivity index (χ4n) is 2.27. The zero-order valence-electron chi connectivity index (χ0n) is 12.4. The SMILES string of the molecule is Cc1ccc(/C=C2\SC(=S)N(c3ccccc3)C2=O)cc1C. The molecule has 2 aromatic carbocycles. The molecule has 0 aromatic heterocycles. The molecular weight excluding hydrogens is 310 g/mol. The molecule has 2 aromatic rings. The highest BCUT2D eigenvalue weighted by molar-refractivity contribution is 8.27. The third-order valence-corrected chi connectivity index (χ3v) is 4.94. The minimum atomic E-state index is -0.0561. The first-order valence-corrected chi connectivity index (χ1v) is 8.19. The second-order valence-electron chi connectivity index (χ2n) is 5.20. The summed E-state index contributed by atoms with van der Waals surface area (Å²) < 4.78 is 0.575. The molecule has 4 heteroatoms. The number of benzene rings is 2. The zero-order valence-corrected chi connectivity index (χ0v) is 14.0. The number of nitrogens with zero attached hydrogens (tertiary/aromatic N) is 1. The van der Waals surface area contributed by atoms with Gasteiger partial charge in [0.05, 0.1) is 10.6 Å². The molecule has 0 unspecified atom stereocenters. The molecule has 22 heavy (non-hydrogen) atoms. The van der Waals surface area contributed by atoms with Crippen LogP contribution < -0.4 is 4.90 Å². The molecule has 0 aliphatic carbocycles. The molecule has 0 N–H and O–H groups in total. The Hall–Kier alpha value is -1.91. The van der Waals surface area contributed by atoms with Crippen LogP contribution in [0.4, 0.5) is 5.69 Å². The molecule has 2 nitrogen and oxygen atoms in total. The Kier molecular flexibility index (Phi) is 4.14. The minimum absolute atomic E-state index is 0.0561. The predicted octanol–water partition coefficient (Wildman–Crippen LogP) is 4.71. The van der Waals surface area contributed by atoms with Gasteiger partial charge in [-0.1, -0.05) is 60.4 Å². The summed E-state index contributed by atoms with van der Waals surface area (Å²) in [5.41, 5.74) is 4.30. The van der Waals surface area contributed by atoms with Gasteiger partial charge in [0.2, 0.25) is 0 Å². The minimum Gasteiger partial charge on any atom is -0.268 e. The highest BCUT2D eigenvalue weighted by atomic mass is 32.2. The van der Waals surface area contributed by atoms with Crippen LogP contribution in [-0.4, -0.2) is 10.2 Å². The number of hydrogen-bond acceptors (Lipinski definition) is 3. The number of thioether (sulfide) groups is 1. The maximum Gasteiger partial charge on any atom is 0.270 e. The van der Waals surface area contributed by atoms with E-state index in [0.717, 1.165) is 11.3 Å². The third kappa shape index (κ3) is 2.85. The van der Waals surface area contributed by atoms with E-state index >= 15 is 0 Å². The summed E-state index contributed by atoms with van der Waals surface area (Å²) in [5, 5.41) is 0. The lowest BCUT2D eigenvalue weighted by molar-refractivity contribution is -0.113. The van der Waals surface area contributed by atoms with Crippen LogP contribution in [0.25, 0.3) is 6.08 Å². The molecule has 1 saturated heterocycles. The number of anilines is 1. The van der Waals surface area contributed by atoms with Crippen LogP contribution in [-0.2, 0) is 4.79 Å². The van der Waals surface area contributed by atoms with Gasteiger partial charge in [-0.2, -0.15) is 0 Å². The summed E-state index contributed by atoms with van der Waals surface area (Å²) in [7, 11) is 0. The summed E-state index contributed by atoms with van der Waals surface area (Å²) in [5.74, 6) is -0.0561. The first-order valence-electron chi connectivity index (χ1n) is 6.96. The van der Waals surface area contributed by atoms with Crippen molar-refractivity contribution in [1.29, 1.82) is 0 Å². The molecule has 0 spiro atoms.